The van der Waals surface area contributed by atoms with Gasteiger partial charge in [-0.05, 0) is 42.3 Å². The van der Waals surface area contributed by atoms with Gasteiger partial charge in [-0.25, -0.2) is 13.1 Å². The van der Waals surface area contributed by atoms with Gasteiger partial charge in [0.1, 0.15) is 10.6 Å². The number of benzene rings is 2. The molecule has 2 heterocycles. The molecule has 160 valence electrons. The van der Waals surface area contributed by atoms with Gasteiger partial charge in [0, 0.05) is 11.6 Å². The van der Waals surface area contributed by atoms with E-state index < -0.39 is 21.9 Å². The number of ether oxygens (including phenoxy) is 1. The maximum Gasteiger partial charge on any atom is 0.573 e. The van der Waals surface area contributed by atoms with E-state index in [4.69, 9.17) is 0 Å². The van der Waals surface area contributed by atoms with Crippen molar-refractivity contribution in [2.45, 2.75) is 29.5 Å². The molecule has 0 unspecified atom stereocenters. The van der Waals surface area contributed by atoms with Crippen molar-refractivity contribution in [1.82, 2.24) is 20.0 Å². The third-order valence-electron chi connectivity index (χ3n) is 4.59. The molecule has 0 amide bonds. The number of aromatic nitrogens is 4. The average molecular weight is 448 g/mol. The second kappa shape index (κ2) is 7.65. The number of sulfone groups is 1. The molecule has 31 heavy (non-hydrogen) atoms. The van der Waals surface area contributed by atoms with Gasteiger partial charge in [-0.3, -0.25) is 4.98 Å². The minimum atomic E-state index is -4.90. The van der Waals surface area contributed by atoms with Gasteiger partial charge in [-0.15, -0.1) is 18.3 Å². The van der Waals surface area contributed by atoms with Crippen LogP contribution in [0.25, 0.3) is 16.6 Å². The van der Waals surface area contributed by atoms with Gasteiger partial charge in [0.25, 0.3) is 0 Å². The summed E-state index contributed by atoms with van der Waals surface area (Å²) in [5.41, 5.74) is 1.25. The number of rotatable bonds is 5. The van der Waals surface area contributed by atoms with Crippen molar-refractivity contribution in [2.75, 3.05) is 0 Å². The molecule has 7 nitrogen and oxygen atoms in total. The highest BCUT2D eigenvalue weighted by molar-refractivity contribution is 7.91. The number of aryl methyl sites for hydroxylation is 1. The van der Waals surface area contributed by atoms with Crippen LogP contribution in [0, 0.1) is 0 Å². The lowest BCUT2D eigenvalue weighted by molar-refractivity contribution is -0.274. The molecule has 0 aliphatic carbocycles. The Labute approximate surface area is 175 Å². The molecule has 0 atom stereocenters. The molecule has 0 radical (unpaired) electrons. The fraction of sp³-hybridized carbons (Fsp3) is 0.150. The first kappa shape index (κ1) is 20.8. The minimum Gasteiger partial charge on any atom is -0.406 e. The quantitative estimate of drug-likeness (QED) is 0.457. The molecule has 2 aromatic carbocycles. The highest BCUT2D eigenvalue weighted by Crippen LogP contribution is 2.34. The molecule has 4 aromatic rings. The van der Waals surface area contributed by atoms with Crippen molar-refractivity contribution in [1.29, 1.82) is 0 Å². The van der Waals surface area contributed by atoms with E-state index in [0.717, 1.165) is 30.3 Å². The first-order valence-corrected chi connectivity index (χ1v) is 10.6. The lowest BCUT2D eigenvalue weighted by atomic mass is 10.2. The van der Waals surface area contributed by atoms with E-state index in [9.17, 15) is 21.6 Å². The van der Waals surface area contributed by atoms with E-state index in [1.165, 1.54) is 35.3 Å². The van der Waals surface area contributed by atoms with Crippen LogP contribution in [-0.4, -0.2) is 34.8 Å². The van der Waals surface area contributed by atoms with Crippen molar-refractivity contribution in [3.8, 4) is 11.4 Å². The Morgan fingerprint density at radius 2 is 1.84 bits per heavy atom. The summed E-state index contributed by atoms with van der Waals surface area (Å²) in [4.78, 5) is 3.94. The summed E-state index contributed by atoms with van der Waals surface area (Å²) in [5.74, 6) is -0.509. The number of hydrogen-bond acceptors (Lipinski definition) is 6. The second-order valence-electron chi connectivity index (χ2n) is 6.55. The first-order valence-electron chi connectivity index (χ1n) is 9.08. The lowest BCUT2D eigenvalue weighted by Gasteiger charge is -2.15. The molecule has 0 N–H and O–H groups in total. The standard InChI is InChI=1S/C20H15F3N4O3S/c1-2-13-3-6-15(7-4-13)31(28,29)18-12-24-17-8-5-14(30-20(21,22)23)11-16(17)19(18)27-10-9-25-26-27/h3-12H,2H2,1H3. The number of hydrogen-bond donors (Lipinski definition) is 0. The summed E-state index contributed by atoms with van der Waals surface area (Å²) in [5, 5.41) is 7.65. The Hall–Kier alpha value is -3.47. The summed E-state index contributed by atoms with van der Waals surface area (Å²) in [7, 11) is -4.07. The average Bonchev–Trinajstić information content (AvgIpc) is 3.26. The van der Waals surface area contributed by atoms with E-state index in [2.05, 4.69) is 20.0 Å². The molecule has 4 rings (SSSR count). The van der Waals surface area contributed by atoms with Crippen LogP contribution in [0.3, 0.4) is 0 Å². The van der Waals surface area contributed by atoms with E-state index in [1.807, 2.05) is 6.92 Å². The summed E-state index contributed by atoms with van der Waals surface area (Å²) < 4.78 is 70.1. The number of alkyl halides is 3. The monoisotopic (exact) mass is 448 g/mol. The Balaban J connectivity index is 1.97. The van der Waals surface area contributed by atoms with Gasteiger partial charge in [0.05, 0.1) is 28.5 Å². The number of pyridine rings is 1. The Morgan fingerprint density at radius 3 is 2.45 bits per heavy atom. The van der Waals surface area contributed by atoms with Crippen molar-refractivity contribution in [3.05, 3.63) is 66.6 Å². The zero-order valence-corrected chi connectivity index (χ0v) is 16.9. The fourth-order valence-electron chi connectivity index (χ4n) is 3.13. The van der Waals surface area contributed by atoms with E-state index in [-0.39, 0.29) is 26.4 Å². The van der Waals surface area contributed by atoms with Crippen LogP contribution in [0.4, 0.5) is 13.2 Å². The molecule has 2 aromatic heterocycles. The van der Waals surface area contributed by atoms with Crippen molar-refractivity contribution in [2.24, 2.45) is 0 Å². The minimum absolute atomic E-state index is 0.0229. The van der Waals surface area contributed by atoms with E-state index in [1.54, 1.807) is 12.1 Å². The molecule has 0 fully saturated rings. The number of halogens is 3. The van der Waals surface area contributed by atoms with Crippen LogP contribution in [0.1, 0.15) is 12.5 Å². The zero-order valence-electron chi connectivity index (χ0n) is 16.0. The predicted octanol–water partition coefficient (Wildman–Crippen LogP) is 4.11. The zero-order chi connectivity index (χ0) is 22.2. The topological polar surface area (TPSA) is 87.0 Å². The van der Waals surface area contributed by atoms with Crippen LogP contribution >= 0.6 is 0 Å². The smallest absolute Gasteiger partial charge is 0.406 e. The van der Waals surface area contributed by atoms with Crippen LogP contribution in [0.15, 0.2) is 70.8 Å². The van der Waals surface area contributed by atoms with Crippen molar-refractivity contribution in [3.63, 3.8) is 0 Å². The molecule has 0 saturated carbocycles. The van der Waals surface area contributed by atoms with Crippen LogP contribution < -0.4 is 4.74 Å². The summed E-state index contributed by atoms with van der Waals surface area (Å²) >= 11 is 0. The van der Waals surface area contributed by atoms with Crippen molar-refractivity contribution >= 4 is 20.7 Å². The Kier molecular flexibility index (Phi) is 5.13. The third kappa shape index (κ3) is 4.08. The lowest BCUT2D eigenvalue weighted by Crippen LogP contribution is -2.17. The SMILES string of the molecule is CCc1ccc(S(=O)(=O)c2cnc3ccc(OC(F)(F)F)cc3c2-n2ccnn2)cc1. The van der Waals surface area contributed by atoms with Crippen LogP contribution in [-0.2, 0) is 16.3 Å². The normalized spacial score (nSPS) is 12.3. The van der Waals surface area contributed by atoms with Gasteiger partial charge in [-0.2, -0.15) is 0 Å². The summed E-state index contributed by atoms with van der Waals surface area (Å²) in [6, 6.07) is 9.85. The van der Waals surface area contributed by atoms with Gasteiger partial charge >= 0.3 is 6.36 Å². The number of nitrogens with zero attached hydrogens (tertiary/aromatic N) is 4. The molecular formula is C20H15F3N4O3S. The Morgan fingerprint density at radius 1 is 1.10 bits per heavy atom. The highest BCUT2D eigenvalue weighted by Gasteiger charge is 2.32. The summed E-state index contributed by atoms with van der Waals surface area (Å²) in [6.45, 7) is 1.94. The summed E-state index contributed by atoms with van der Waals surface area (Å²) in [6.07, 6.45) is -0.282. The second-order valence-corrected chi connectivity index (χ2v) is 8.46. The number of fused-ring (bicyclic) bond motifs is 1. The molecule has 0 saturated heterocycles. The van der Waals surface area contributed by atoms with Gasteiger partial charge in [0.2, 0.25) is 9.84 Å². The van der Waals surface area contributed by atoms with Gasteiger partial charge in [-0.1, -0.05) is 24.3 Å². The maximum absolute atomic E-state index is 13.4. The Bertz CT molecular complexity index is 1340. The maximum atomic E-state index is 13.4. The highest BCUT2D eigenvalue weighted by atomic mass is 32.2. The predicted molar refractivity (Wildman–Crippen MR) is 105 cm³/mol. The van der Waals surface area contributed by atoms with Crippen LogP contribution in [0.5, 0.6) is 5.75 Å². The van der Waals surface area contributed by atoms with E-state index >= 15 is 0 Å². The molecule has 0 aliphatic rings. The van der Waals surface area contributed by atoms with Crippen LogP contribution in [0.2, 0.25) is 0 Å². The molecular weight excluding hydrogens is 433 g/mol. The largest absolute Gasteiger partial charge is 0.573 e. The van der Waals surface area contributed by atoms with Crippen molar-refractivity contribution < 1.29 is 26.3 Å². The molecule has 0 spiro atoms. The van der Waals surface area contributed by atoms with Gasteiger partial charge < -0.3 is 4.74 Å². The molecule has 0 aliphatic heterocycles. The van der Waals surface area contributed by atoms with E-state index in [0.29, 0.717) is 0 Å². The first-order chi connectivity index (χ1) is 14.7. The molecule has 0 bridgehead atoms. The fourth-order valence-corrected chi connectivity index (χ4v) is 4.53. The van der Waals surface area contributed by atoms with Gasteiger partial charge in [0.15, 0.2) is 0 Å². The molecule has 11 heteroatoms. The third-order valence-corrected chi connectivity index (χ3v) is 6.36.